The van der Waals surface area contributed by atoms with Crippen molar-refractivity contribution in [1.29, 1.82) is 0 Å². The normalized spacial score (nSPS) is 10.3. The van der Waals surface area contributed by atoms with Crippen LogP contribution in [0.5, 0.6) is 0 Å². The van der Waals surface area contributed by atoms with Crippen molar-refractivity contribution in [2.45, 2.75) is 26.2 Å². The molecule has 0 saturated carbocycles. The van der Waals surface area contributed by atoms with Gasteiger partial charge in [0, 0.05) is 38.2 Å². The Morgan fingerprint density at radius 1 is 1.20 bits per heavy atom. The van der Waals surface area contributed by atoms with E-state index in [2.05, 4.69) is 5.32 Å². The lowest BCUT2D eigenvalue weighted by Crippen LogP contribution is -2.25. The SMILES string of the molecule is CCOCCCNC(=O)CCC(=O)c1ccc(F)cc1. The summed E-state index contributed by atoms with van der Waals surface area (Å²) in [5.74, 6) is -0.694. The summed E-state index contributed by atoms with van der Waals surface area (Å²) in [6.45, 7) is 3.74. The molecule has 0 spiro atoms. The third kappa shape index (κ3) is 6.43. The van der Waals surface area contributed by atoms with E-state index in [0.717, 1.165) is 6.42 Å². The van der Waals surface area contributed by atoms with Gasteiger partial charge in [0.2, 0.25) is 5.91 Å². The second-order valence-corrected chi connectivity index (χ2v) is 4.33. The van der Waals surface area contributed by atoms with Crippen LogP contribution in [0.15, 0.2) is 24.3 Å². The Bertz CT molecular complexity index is 431. The molecule has 1 aromatic carbocycles. The first-order chi connectivity index (χ1) is 9.63. The molecule has 0 radical (unpaired) electrons. The van der Waals surface area contributed by atoms with Gasteiger partial charge in [-0.05, 0) is 37.6 Å². The zero-order chi connectivity index (χ0) is 14.8. The van der Waals surface area contributed by atoms with Crippen molar-refractivity contribution in [3.8, 4) is 0 Å². The first-order valence-corrected chi connectivity index (χ1v) is 6.76. The number of amides is 1. The van der Waals surface area contributed by atoms with Crippen LogP contribution in [0.4, 0.5) is 4.39 Å². The van der Waals surface area contributed by atoms with E-state index in [4.69, 9.17) is 4.74 Å². The quantitative estimate of drug-likeness (QED) is 0.558. The Morgan fingerprint density at radius 3 is 2.55 bits per heavy atom. The van der Waals surface area contributed by atoms with Crippen LogP contribution in [0.25, 0.3) is 0 Å². The molecule has 1 N–H and O–H groups in total. The predicted molar refractivity (Wildman–Crippen MR) is 74.1 cm³/mol. The van der Waals surface area contributed by atoms with E-state index in [9.17, 15) is 14.0 Å². The molecule has 0 heterocycles. The average molecular weight is 281 g/mol. The lowest BCUT2D eigenvalue weighted by Gasteiger charge is -2.05. The third-order valence-corrected chi connectivity index (χ3v) is 2.74. The number of carbonyl (C=O) groups excluding carboxylic acids is 2. The van der Waals surface area contributed by atoms with Gasteiger partial charge >= 0.3 is 0 Å². The molecular formula is C15H20FNO3. The molecule has 5 heteroatoms. The minimum Gasteiger partial charge on any atom is -0.382 e. The van der Waals surface area contributed by atoms with E-state index in [1.165, 1.54) is 24.3 Å². The monoisotopic (exact) mass is 281 g/mol. The Balaban J connectivity index is 2.20. The molecule has 1 amide bonds. The molecule has 20 heavy (non-hydrogen) atoms. The highest BCUT2D eigenvalue weighted by atomic mass is 19.1. The van der Waals surface area contributed by atoms with Crippen LogP contribution in [0.1, 0.15) is 36.5 Å². The molecule has 0 fully saturated rings. The Kier molecular flexibility index (Phi) is 7.50. The molecule has 0 aromatic heterocycles. The topological polar surface area (TPSA) is 55.4 Å². The van der Waals surface area contributed by atoms with Crippen LogP contribution in [0, 0.1) is 5.82 Å². The average Bonchev–Trinajstić information content (AvgIpc) is 2.45. The first-order valence-electron chi connectivity index (χ1n) is 6.76. The molecule has 0 aliphatic carbocycles. The maximum absolute atomic E-state index is 12.7. The fourth-order valence-electron chi connectivity index (χ4n) is 1.64. The van der Waals surface area contributed by atoms with Crippen molar-refractivity contribution in [3.63, 3.8) is 0 Å². The smallest absolute Gasteiger partial charge is 0.220 e. The molecule has 1 aromatic rings. The van der Waals surface area contributed by atoms with Gasteiger partial charge in [-0.3, -0.25) is 9.59 Å². The predicted octanol–water partition coefficient (Wildman–Crippen LogP) is 2.33. The third-order valence-electron chi connectivity index (χ3n) is 2.74. The lowest BCUT2D eigenvalue weighted by molar-refractivity contribution is -0.121. The van der Waals surface area contributed by atoms with Gasteiger partial charge in [-0.2, -0.15) is 0 Å². The van der Waals surface area contributed by atoms with Gasteiger partial charge in [0.25, 0.3) is 0 Å². The minimum atomic E-state index is -0.381. The number of rotatable bonds is 9. The van der Waals surface area contributed by atoms with Crippen molar-refractivity contribution in [2.75, 3.05) is 19.8 Å². The summed E-state index contributed by atoms with van der Waals surface area (Å²) in [4.78, 5) is 23.3. The van der Waals surface area contributed by atoms with Gasteiger partial charge in [0.1, 0.15) is 5.82 Å². The standard InChI is InChI=1S/C15H20FNO3/c1-2-20-11-3-10-17-15(19)9-8-14(18)12-4-6-13(16)7-5-12/h4-7H,2-3,8-11H2,1H3,(H,17,19). The van der Waals surface area contributed by atoms with E-state index >= 15 is 0 Å². The second kappa shape index (κ2) is 9.20. The van der Waals surface area contributed by atoms with E-state index in [1.54, 1.807) is 0 Å². The Labute approximate surface area is 118 Å². The number of benzene rings is 1. The fourth-order valence-corrected chi connectivity index (χ4v) is 1.64. The molecular weight excluding hydrogens is 261 g/mol. The molecule has 0 aliphatic rings. The largest absolute Gasteiger partial charge is 0.382 e. The zero-order valence-electron chi connectivity index (χ0n) is 11.7. The number of ketones is 1. The van der Waals surface area contributed by atoms with Crippen LogP contribution >= 0.6 is 0 Å². The van der Waals surface area contributed by atoms with Crippen molar-refractivity contribution in [1.82, 2.24) is 5.32 Å². The maximum Gasteiger partial charge on any atom is 0.220 e. The number of Topliss-reactive ketones (excluding diaryl/α,β-unsaturated/α-hetero) is 1. The summed E-state index contributed by atoms with van der Waals surface area (Å²) in [6.07, 6.45) is 1.03. The van der Waals surface area contributed by atoms with Crippen molar-refractivity contribution in [2.24, 2.45) is 0 Å². The zero-order valence-corrected chi connectivity index (χ0v) is 11.7. The van der Waals surface area contributed by atoms with Crippen LogP contribution in [-0.4, -0.2) is 31.4 Å². The van der Waals surface area contributed by atoms with Gasteiger partial charge in [-0.15, -0.1) is 0 Å². The van der Waals surface area contributed by atoms with E-state index < -0.39 is 0 Å². The maximum atomic E-state index is 12.7. The highest BCUT2D eigenvalue weighted by Gasteiger charge is 2.09. The molecule has 0 bridgehead atoms. The van der Waals surface area contributed by atoms with E-state index in [1.807, 2.05) is 6.92 Å². The number of carbonyl (C=O) groups is 2. The van der Waals surface area contributed by atoms with Gasteiger partial charge < -0.3 is 10.1 Å². The van der Waals surface area contributed by atoms with Gasteiger partial charge in [0.05, 0.1) is 0 Å². The van der Waals surface area contributed by atoms with Crippen LogP contribution in [-0.2, 0) is 9.53 Å². The van der Waals surface area contributed by atoms with Crippen molar-refractivity contribution < 1.29 is 18.7 Å². The lowest BCUT2D eigenvalue weighted by atomic mass is 10.1. The number of halogens is 1. The summed E-state index contributed by atoms with van der Waals surface area (Å²) < 4.78 is 17.9. The molecule has 1 rings (SSSR count). The molecule has 4 nitrogen and oxygen atoms in total. The van der Waals surface area contributed by atoms with Crippen molar-refractivity contribution in [3.05, 3.63) is 35.6 Å². The molecule has 110 valence electrons. The number of hydrogen-bond donors (Lipinski definition) is 1. The Hall–Kier alpha value is -1.75. The van der Waals surface area contributed by atoms with Crippen molar-refractivity contribution >= 4 is 11.7 Å². The summed E-state index contributed by atoms with van der Waals surface area (Å²) in [5.41, 5.74) is 0.426. The number of nitrogens with one attached hydrogen (secondary N) is 1. The van der Waals surface area contributed by atoms with Gasteiger partial charge in [0.15, 0.2) is 5.78 Å². The first kappa shape index (κ1) is 16.3. The summed E-state index contributed by atoms with van der Waals surface area (Å²) in [7, 11) is 0. The highest BCUT2D eigenvalue weighted by molar-refractivity contribution is 5.97. The second-order valence-electron chi connectivity index (χ2n) is 4.33. The molecule has 0 unspecified atom stereocenters. The summed E-state index contributed by atoms with van der Waals surface area (Å²) >= 11 is 0. The number of hydrogen-bond acceptors (Lipinski definition) is 3. The minimum absolute atomic E-state index is 0.128. The highest BCUT2D eigenvalue weighted by Crippen LogP contribution is 2.07. The van der Waals surface area contributed by atoms with E-state index in [-0.39, 0.29) is 30.3 Å². The fraction of sp³-hybridized carbons (Fsp3) is 0.467. The summed E-state index contributed by atoms with van der Waals surface area (Å²) in [5, 5.41) is 2.73. The molecule has 0 saturated heterocycles. The van der Waals surface area contributed by atoms with Crippen LogP contribution in [0.2, 0.25) is 0 Å². The van der Waals surface area contributed by atoms with Gasteiger partial charge in [-0.25, -0.2) is 4.39 Å². The summed E-state index contributed by atoms with van der Waals surface area (Å²) in [6, 6.07) is 5.33. The van der Waals surface area contributed by atoms with Gasteiger partial charge in [-0.1, -0.05) is 0 Å². The van der Waals surface area contributed by atoms with Crippen LogP contribution in [0.3, 0.4) is 0 Å². The van der Waals surface area contributed by atoms with Crippen LogP contribution < -0.4 is 5.32 Å². The molecule has 0 aliphatic heterocycles. The Morgan fingerprint density at radius 2 is 1.90 bits per heavy atom. The molecule has 0 atom stereocenters. The number of ether oxygens (including phenoxy) is 1. The van der Waals surface area contributed by atoms with E-state index in [0.29, 0.717) is 25.3 Å².